The lowest BCUT2D eigenvalue weighted by atomic mass is 9.84. The van der Waals surface area contributed by atoms with Crippen LogP contribution in [0.25, 0.3) is 6.08 Å². The number of carbonyl (C=O) groups excluding carboxylic acids is 3. The molecule has 2 saturated heterocycles. The molecular weight excluding hydrogens is 525 g/mol. The maximum absolute atomic E-state index is 14.0. The van der Waals surface area contributed by atoms with E-state index in [9.17, 15) is 14.4 Å². The molecular formula is C29H23Cl2N3O4. The molecule has 3 amide bonds. The molecule has 7 nitrogen and oxygen atoms in total. The van der Waals surface area contributed by atoms with Crippen LogP contribution in [0.1, 0.15) is 22.7 Å². The number of aryl methyl sites for hydroxylation is 1. The van der Waals surface area contributed by atoms with Crippen LogP contribution in [0.15, 0.2) is 66.9 Å². The second-order valence-electron chi connectivity index (χ2n) is 9.61. The first kappa shape index (κ1) is 24.5. The second-order valence-corrected chi connectivity index (χ2v) is 10.5. The zero-order valence-electron chi connectivity index (χ0n) is 20.5. The highest BCUT2D eigenvalue weighted by Crippen LogP contribution is 2.53. The van der Waals surface area contributed by atoms with Crippen LogP contribution in [0.5, 0.6) is 5.75 Å². The van der Waals surface area contributed by atoms with Crippen LogP contribution < -0.4 is 15.0 Å². The summed E-state index contributed by atoms with van der Waals surface area (Å²) in [4.78, 5) is 45.1. The lowest BCUT2D eigenvalue weighted by Gasteiger charge is -2.35. The van der Waals surface area contributed by atoms with Crippen molar-refractivity contribution in [2.24, 2.45) is 11.8 Å². The van der Waals surface area contributed by atoms with Crippen molar-refractivity contribution < 1.29 is 19.1 Å². The second kappa shape index (κ2) is 9.19. The van der Waals surface area contributed by atoms with Crippen molar-refractivity contribution in [1.29, 1.82) is 0 Å². The normalized spacial score (nSPS) is 23.3. The number of ether oxygens (including phenoxy) is 1. The van der Waals surface area contributed by atoms with E-state index in [2.05, 4.69) is 5.32 Å². The fourth-order valence-corrected chi connectivity index (χ4v) is 6.24. The SMILES string of the molecule is COc1ccc(Cl)cc1NC(=O)[C@@H]1[C@@H]2C(=O)N(c3cc(Cl)ccc3C)C(=O)[C@@H]2[C@H]2c3ccccc3C=CN12. The average Bonchev–Trinajstić information content (AvgIpc) is 3.38. The van der Waals surface area contributed by atoms with Crippen LogP contribution in [-0.2, 0) is 14.4 Å². The highest BCUT2D eigenvalue weighted by atomic mass is 35.5. The molecule has 3 heterocycles. The number of rotatable bonds is 4. The number of halogens is 2. The molecule has 9 heteroatoms. The van der Waals surface area contributed by atoms with Crippen molar-refractivity contribution in [2.75, 3.05) is 17.3 Å². The van der Waals surface area contributed by atoms with E-state index in [1.165, 1.54) is 12.0 Å². The van der Waals surface area contributed by atoms with Gasteiger partial charge in [-0.2, -0.15) is 0 Å². The Morgan fingerprint density at radius 2 is 1.66 bits per heavy atom. The monoisotopic (exact) mass is 547 g/mol. The number of hydrogen-bond donors (Lipinski definition) is 1. The summed E-state index contributed by atoms with van der Waals surface area (Å²) in [7, 11) is 1.50. The molecule has 0 unspecified atom stereocenters. The molecule has 3 aliphatic heterocycles. The molecule has 192 valence electrons. The lowest BCUT2D eigenvalue weighted by Crippen LogP contribution is -2.46. The highest BCUT2D eigenvalue weighted by Gasteiger charge is 2.64. The third-order valence-electron chi connectivity index (χ3n) is 7.56. The molecule has 0 spiro atoms. The van der Waals surface area contributed by atoms with Crippen molar-refractivity contribution in [3.05, 3.63) is 93.6 Å². The smallest absolute Gasteiger partial charge is 0.248 e. The Labute approximate surface area is 229 Å². The molecule has 0 saturated carbocycles. The number of hydrogen-bond acceptors (Lipinski definition) is 5. The van der Waals surface area contributed by atoms with E-state index in [1.807, 2.05) is 42.2 Å². The van der Waals surface area contributed by atoms with Crippen molar-refractivity contribution in [1.82, 2.24) is 4.90 Å². The molecule has 1 N–H and O–H groups in total. The summed E-state index contributed by atoms with van der Waals surface area (Å²) in [5.41, 5.74) is 3.39. The number of amides is 3. The van der Waals surface area contributed by atoms with Crippen LogP contribution in [0, 0.1) is 18.8 Å². The van der Waals surface area contributed by atoms with Crippen LogP contribution >= 0.6 is 23.2 Å². The number of nitrogens with zero attached hydrogens (tertiary/aromatic N) is 2. The minimum Gasteiger partial charge on any atom is -0.495 e. The van der Waals surface area contributed by atoms with Crippen LogP contribution in [0.4, 0.5) is 11.4 Å². The van der Waals surface area contributed by atoms with Gasteiger partial charge in [-0.05, 0) is 60.0 Å². The molecule has 2 fully saturated rings. The van der Waals surface area contributed by atoms with E-state index < -0.39 is 35.7 Å². The molecule has 3 aliphatic rings. The predicted octanol–water partition coefficient (Wildman–Crippen LogP) is 5.46. The first-order valence-corrected chi connectivity index (χ1v) is 12.9. The maximum atomic E-state index is 14.0. The third kappa shape index (κ3) is 3.68. The lowest BCUT2D eigenvalue weighted by molar-refractivity contribution is -0.128. The van der Waals surface area contributed by atoms with Gasteiger partial charge in [0.2, 0.25) is 17.7 Å². The molecule has 0 radical (unpaired) electrons. The van der Waals surface area contributed by atoms with Gasteiger partial charge in [-0.3, -0.25) is 14.4 Å². The zero-order chi connectivity index (χ0) is 26.7. The fraction of sp³-hybridized carbons (Fsp3) is 0.207. The van der Waals surface area contributed by atoms with Crippen molar-refractivity contribution in [3.8, 4) is 5.75 Å². The van der Waals surface area contributed by atoms with Gasteiger partial charge in [0.05, 0.1) is 36.4 Å². The number of methoxy groups -OCH3 is 1. The van der Waals surface area contributed by atoms with E-state index >= 15 is 0 Å². The fourth-order valence-electron chi connectivity index (χ4n) is 5.90. The van der Waals surface area contributed by atoms with Crippen molar-refractivity contribution in [3.63, 3.8) is 0 Å². The van der Waals surface area contributed by atoms with Gasteiger partial charge in [0, 0.05) is 16.2 Å². The van der Waals surface area contributed by atoms with Gasteiger partial charge >= 0.3 is 0 Å². The van der Waals surface area contributed by atoms with E-state index in [4.69, 9.17) is 27.9 Å². The zero-order valence-corrected chi connectivity index (χ0v) is 22.0. The van der Waals surface area contributed by atoms with Gasteiger partial charge in [0.15, 0.2) is 0 Å². The Hall–Kier alpha value is -3.81. The van der Waals surface area contributed by atoms with Crippen molar-refractivity contribution in [2.45, 2.75) is 19.0 Å². The van der Waals surface area contributed by atoms with E-state index in [1.54, 1.807) is 42.6 Å². The molecule has 38 heavy (non-hydrogen) atoms. The summed E-state index contributed by atoms with van der Waals surface area (Å²) < 4.78 is 5.40. The molecule has 3 aromatic rings. The molecule has 0 aliphatic carbocycles. The number of benzene rings is 3. The van der Waals surface area contributed by atoms with Crippen LogP contribution in [0.2, 0.25) is 10.0 Å². The molecule has 0 aromatic heterocycles. The average molecular weight is 548 g/mol. The van der Waals surface area contributed by atoms with Gasteiger partial charge in [-0.25, -0.2) is 4.90 Å². The molecule has 6 rings (SSSR count). The number of imide groups is 1. The third-order valence-corrected chi connectivity index (χ3v) is 8.03. The Balaban J connectivity index is 1.46. The summed E-state index contributed by atoms with van der Waals surface area (Å²) in [6.45, 7) is 1.82. The Morgan fingerprint density at radius 1 is 0.947 bits per heavy atom. The highest BCUT2D eigenvalue weighted by molar-refractivity contribution is 6.32. The minimum atomic E-state index is -0.945. The van der Waals surface area contributed by atoms with Gasteiger partial charge < -0.3 is 15.0 Å². The first-order chi connectivity index (χ1) is 18.3. The quantitative estimate of drug-likeness (QED) is 0.438. The van der Waals surface area contributed by atoms with Crippen LogP contribution in [-0.4, -0.2) is 35.8 Å². The standard InChI is InChI=1S/C29H23Cl2N3O4/c1-15-7-8-18(31)14-21(15)34-28(36)23-24(29(34)37)26(27(35)32-20-13-17(30)9-10-22(20)38-2)33-12-11-16-5-3-4-6-19(16)25(23)33/h3-14,23-26H,1-2H3,(H,32,35)/t23-,24+,25+,26-/m0/s1. The van der Waals surface area contributed by atoms with E-state index in [0.29, 0.717) is 27.2 Å². The summed E-state index contributed by atoms with van der Waals surface area (Å²) in [5, 5.41) is 3.73. The van der Waals surface area contributed by atoms with Crippen molar-refractivity contribution >= 4 is 58.4 Å². The topological polar surface area (TPSA) is 79.0 Å². The number of anilines is 2. The number of fused-ring (bicyclic) bond motifs is 5. The number of nitrogens with one attached hydrogen (secondary N) is 1. The largest absolute Gasteiger partial charge is 0.495 e. The Morgan fingerprint density at radius 3 is 2.45 bits per heavy atom. The summed E-state index contributed by atoms with van der Waals surface area (Å²) >= 11 is 12.4. The Kier molecular flexibility index (Phi) is 5.93. The van der Waals surface area contributed by atoms with E-state index in [-0.39, 0.29) is 5.91 Å². The molecule has 0 bridgehead atoms. The Bertz CT molecular complexity index is 1540. The maximum Gasteiger partial charge on any atom is 0.248 e. The summed E-state index contributed by atoms with van der Waals surface area (Å²) in [6, 6.07) is 16.3. The summed E-state index contributed by atoms with van der Waals surface area (Å²) in [5.74, 6) is -2.45. The van der Waals surface area contributed by atoms with Gasteiger partial charge in [0.25, 0.3) is 0 Å². The predicted molar refractivity (Wildman–Crippen MR) is 146 cm³/mol. The van der Waals surface area contributed by atoms with Crippen LogP contribution in [0.3, 0.4) is 0 Å². The van der Waals surface area contributed by atoms with E-state index in [0.717, 1.165) is 16.7 Å². The number of carbonyl (C=O) groups is 3. The van der Waals surface area contributed by atoms with Gasteiger partial charge in [0.1, 0.15) is 11.8 Å². The minimum absolute atomic E-state index is 0.346. The molecule has 4 atom stereocenters. The first-order valence-electron chi connectivity index (χ1n) is 12.1. The molecule has 3 aromatic carbocycles. The summed E-state index contributed by atoms with van der Waals surface area (Å²) in [6.07, 6.45) is 3.71. The van der Waals surface area contributed by atoms with Gasteiger partial charge in [-0.1, -0.05) is 53.5 Å². The van der Waals surface area contributed by atoms with Gasteiger partial charge in [-0.15, -0.1) is 0 Å².